The first-order valence-electron chi connectivity index (χ1n) is 12.4. The van der Waals surface area contributed by atoms with E-state index in [1.807, 2.05) is 0 Å². The second-order valence-corrected chi connectivity index (χ2v) is 11.0. The van der Waals surface area contributed by atoms with Gasteiger partial charge in [0.1, 0.15) is 0 Å². The van der Waals surface area contributed by atoms with Gasteiger partial charge in [-0.15, -0.1) is 0 Å². The lowest BCUT2D eigenvalue weighted by molar-refractivity contribution is -0.137. The van der Waals surface area contributed by atoms with E-state index in [-0.39, 0.29) is 29.8 Å². The molecule has 1 fully saturated rings. The summed E-state index contributed by atoms with van der Waals surface area (Å²) in [5.74, 6) is -1.72. The Labute approximate surface area is 224 Å². The summed E-state index contributed by atoms with van der Waals surface area (Å²) >= 11 is 0. The van der Waals surface area contributed by atoms with Crippen LogP contribution in [-0.2, 0) is 38.9 Å². The molecule has 0 unspecified atom stereocenters. The number of primary sulfonamides is 1. The highest BCUT2D eigenvalue weighted by Gasteiger charge is 2.37. The second-order valence-electron chi connectivity index (χ2n) is 9.52. The van der Waals surface area contributed by atoms with Crippen LogP contribution in [0.1, 0.15) is 36.0 Å². The Hall–Kier alpha value is -3.70. The third kappa shape index (κ3) is 7.04. The van der Waals surface area contributed by atoms with Gasteiger partial charge in [0.05, 0.1) is 10.5 Å². The predicted molar refractivity (Wildman–Crippen MR) is 139 cm³/mol. The lowest BCUT2D eigenvalue weighted by atomic mass is 9.94. The van der Waals surface area contributed by atoms with Crippen LogP contribution in [0.2, 0.25) is 0 Å². The quantitative estimate of drug-likeness (QED) is 0.380. The van der Waals surface area contributed by atoms with Crippen molar-refractivity contribution < 1.29 is 31.2 Å². The van der Waals surface area contributed by atoms with Crippen molar-refractivity contribution in [2.24, 2.45) is 17.0 Å². The minimum atomic E-state index is -4.47. The molecule has 1 aliphatic rings. The van der Waals surface area contributed by atoms with E-state index in [1.165, 1.54) is 18.2 Å². The van der Waals surface area contributed by atoms with Crippen molar-refractivity contribution >= 4 is 21.8 Å². The van der Waals surface area contributed by atoms with Gasteiger partial charge >= 0.3 is 6.18 Å². The molecule has 7 nitrogen and oxygen atoms in total. The van der Waals surface area contributed by atoms with E-state index in [1.54, 1.807) is 42.5 Å². The molecule has 3 aromatic carbocycles. The standard InChI is InChI=1S/C28H28F3N3O4S/c29-28(30,31)21-6-3-5-19(15-21)17-34-27(36)24-9-4-8-23(24)26(35)33-16-18-11-13-20(14-12-18)22-7-1-2-10-25(22)39(32,37)38/h1-3,5-7,10-15,23-24H,4,8-9,16-17H2,(H,33,35)(H,34,36)(H2,32,37,38)/t23-,24-/m1/s1. The zero-order valence-electron chi connectivity index (χ0n) is 20.9. The molecule has 39 heavy (non-hydrogen) atoms. The maximum absolute atomic E-state index is 12.9. The fourth-order valence-electron chi connectivity index (χ4n) is 4.84. The van der Waals surface area contributed by atoms with Crippen LogP contribution in [0.4, 0.5) is 13.2 Å². The van der Waals surface area contributed by atoms with Gasteiger partial charge in [-0.05, 0) is 47.7 Å². The van der Waals surface area contributed by atoms with Crippen molar-refractivity contribution in [1.29, 1.82) is 0 Å². The minimum absolute atomic E-state index is 0.0182. The maximum Gasteiger partial charge on any atom is 0.416 e. The molecular formula is C28H28F3N3O4S. The van der Waals surface area contributed by atoms with Crippen LogP contribution in [-0.4, -0.2) is 20.2 Å². The van der Waals surface area contributed by atoms with Crippen molar-refractivity contribution in [3.8, 4) is 11.1 Å². The Kier molecular flexibility index (Phi) is 8.41. The topological polar surface area (TPSA) is 118 Å². The molecule has 0 aliphatic heterocycles. The molecule has 206 valence electrons. The molecular weight excluding hydrogens is 531 g/mol. The average molecular weight is 560 g/mol. The summed E-state index contributed by atoms with van der Waals surface area (Å²) in [6.45, 7) is 0.152. The lowest BCUT2D eigenvalue weighted by Gasteiger charge is -2.19. The number of carbonyl (C=O) groups excluding carboxylic acids is 2. The largest absolute Gasteiger partial charge is 0.416 e. The van der Waals surface area contributed by atoms with Gasteiger partial charge in [0.15, 0.2) is 0 Å². The number of sulfonamides is 1. The Balaban J connectivity index is 1.34. The van der Waals surface area contributed by atoms with Gasteiger partial charge in [-0.1, -0.05) is 61.0 Å². The molecule has 3 aromatic rings. The van der Waals surface area contributed by atoms with Crippen molar-refractivity contribution in [1.82, 2.24) is 10.6 Å². The van der Waals surface area contributed by atoms with E-state index in [0.717, 1.165) is 17.7 Å². The van der Waals surface area contributed by atoms with Crippen LogP contribution in [0.15, 0.2) is 77.7 Å². The SMILES string of the molecule is NS(=O)(=O)c1ccccc1-c1ccc(CNC(=O)[C@@H]2CCC[C@H]2C(=O)NCc2cccc(C(F)(F)F)c2)cc1. The van der Waals surface area contributed by atoms with Crippen molar-refractivity contribution in [3.63, 3.8) is 0 Å². The highest BCUT2D eigenvalue weighted by atomic mass is 32.2. The number of halogens is 3. The second kappa shape index (κ2) is 11.6. The maximum atomic E-state index is 12.9. The number of nitrogens with one attached hydrogen (secondary N) is 2. The van der Waals surface area contributed by atoms with Gasteiger partial charge in [0.25, 0.3) is 0 Å². The Bertz CT molecular complexity index is 1460. The highest BCUT2D eigenvalue weighted by molar-refractivity contribution is 7.89. The Morgan fingerprint density at radius 2 is 1.41 bits per heavy atom. The Morgan fingerprint density at radius 1 is 0.821 bits per heavy atom. The molecule has 0 aromatic heterocycles. The first-order valence-corrected chi connectivity index (χ1v) is 13.9. The average Bonchev–Trinajstić information content (AvgIpc) is 3.40. The highest BCUT2D eigenvalue weighted by Crippen LogP contribution is 2.33. The summed E-state index contributed by atoms with van der Waals surface area (Å²) < 4.78 is 62.6. The van der Waals surface area contributed by atoms with E-state index in [2.05, 4.69) is 10.6 Å². The molecule has 0 spiro atoms. The van der Waals surface area contributed by atoms with Gasteiger partial charge in [-0.3, -0.25) is 9.59 Å². The summed E-state index contributed by atoms with van der Waals surface area (Å²) in [4.78, 5) is 25.7. The van der Waals surface area contributed by atoms with Gasteiger partial charge in [0, 0.05) is 30.5 Å². The lowest BCUT2D eigenvalue weighted by Crippen LogP contribution is -2.39. The van der Waals surface area contributed by atoms with Gasteiger partial charge in [0.2, 0.25) is 21.8 Å². The zero-order valence-corrected chi connectivity index (χ0v) is 21.7. The number of nitrogens with two attached hydrogens (primary N) is 1. The monoisotopic (exact) mass is 559 g/mol. The molecule has 2 amide bonds. The number of amides is 2. The third-order valence-electron chi connectivity index (χ3n) is 6.84. The van der Waals surface area contributed by atoms with E-state index in [0.29, 0.717) is 36.0 Å². The number of carbonyl (C=O) groups is 2. The number of hydrogen-bond acceptors (Lipinski definition) is 4. The molecule has 2 atom stereocenters. The van der Waals surface area contributed by atoms with Gasteiger partial charge < -0.3 is 10.6 Å². The van der Waals surface area contributed by atoms with Gasteiger partial charge in [-0.2, -0.15) is 13.2 Å². The fraction of sp³-hybridized carbons (Fsp3) is 0.286. The van der Waals surface area contributed by atoms with Crippen molar-refractivity contribution in [2.45, 2.75) is 43.4 Å². The number of rotatable bonds is 8. The van der Waals surface area contributed by atoms with E-state index in [4.69, 9.17) is 5.14 Å². The van der Waals surface area contributed by atoms with Gasteiger partial charge in [-0.25, -0.2) is 13.6 Å². The van der Waals surface area contributed by atoms with Crippen LogP contribution in [0.5, 0.6) is 0 Å². The summed E-state index contributed by atoms with van der Waals surface area (Å²) in [5.41, 5.74) is 1.45. The van der Waals surface area contributed by atoms with Crippen LogP contribution in [0.25, 0.3) is 11.1 Å². The molecule has 0 bridgehead atoms. The molecule has 0 radical (unpaired) electrons. The van der Waals surface area contributed by atoms with E-state index < -0.39 is 33.6 Å². The number of hydrogen-bond donors (Lipinski definition) is 3. The third-order valence-corrected chi connectivity index (χ3v) is 7.80. The molecule has 0 saturated heterocycles. The molecule has 4 N–H and O–H groups in total. The summed E-state index contributed by atoms with van der Waals surface area (Å²) in [6.07, 6.45) is -2.72. The van der Waals surface area contributed by atoms with E-state index >= 15 is 0 Å². The van der Waals surface area contributed by atoms with Crippen LogP contribution in [0, 0.1) is 11.8 Å². The fourth-order valence-corrected chi connectivity index (χ4v) is 5.60. The minimum Gasteiger partial charge on any atom is -0.352 e. The van der Waals surface area contributed by atoms with Crippen molar-refractivity contribution in [2.75, 3.05) is 0 Å². The molecule has 1 aliphatic carbocycles. The Morgan fingerprint density at radius 3 is 2.00 bits per heavy atom. The van der Waals surface area contributed by atoms with E-state index in [9.17, 15) is 31.2 Å². The first kappa shape index (κ1) is 28.3. The zero-order chi connectivity index (χ0) is 28.2. The normalized spacial score (nSPS) is 17.5. The number of alkyl halides is 3. The molecule has 4 rings (SSSR count). The summed E-state index contributed by atoms with van der Waals surface area (Å²) in [7, 11) is -3.90. The molecule has 1 saturated carbocycles. The molecule has 0 heterocycles. The van der Waals surface area contributed by atoms with Crippen LogP contribution < -0.4 is 15.8 Å². The molecule has 11 heteroatoms. The van der Waals surface area contributed by atoms with Crippen LogP contribution >= 0.6 is 0 Å². The number of benzene rings is 3. The smallest absolute Gasteiger partial charge is 0.352 e. The van der Waals surface area contributed by atoms with Crippen molar-refractivity contribution in [3.05, 3.63) is 89.5 Å². The summed E-state index contributed by atoms with van der Waals surface area (Å²) in [6, 6.07) is 18.2. The van der Waals surface area contributed by atoms with Crippen LogP contribution in [0.3, 0.4) is 0 Å². The summed E-state index contributed by atoms with van der Waals surface area (Å²) in [5, 5.41) is 10.9. The first-order chi connectivity index (χ1) is 18.4. The predicted octanol–water partition coefficient (Wildman–Crippen LogP) is 4.37.